The van der Waals surface area contributed by atoms with Crippen LogP contribution < -0.4 is 5.32 Å². The smallest absolute Gasteiger partial charge is 0.127 e. The molecule has 1 fully saturated rings. The van der Waals surface area contributed by atoms with Crippen LogP contribution in [0.5, 0.6) is 0 Å². The maximum atomic E-state index is 8.56. The minimum Gasteiger partial charge on any atom is -0.377 e. The molecule has 0 amide bonds. The van der Waals surface area contributed by atoms with Crippen LogP contribution in [0.2, 0.25) is 0 Å². The molecule has 3 nitrogen and oxygen atoms in total. The van der Waals surface area contributed by atoms with E-state index in [0.717, 1.165) is 13.2 Å². The van der Waals surface area contributed by atoms with E-state index in [-0.39, 0.29) is 0 Å². The number of morpholine rings is 1. The highest BCUT2D eigenvalue weighted by Gasteiger charge is 2.25. The molecule has 1 atom stereocenters. The van der Waals surface area contributed by atoms with Crippen molar-refractivity contribution in [2.45, 2.75) is 12.5 Å². The first kappa shape index (κ1) is 6.53. The van der Waals surface area contributed by atoms with Crippen LogP contribution in [-0.2, 0) is 4.74 Å². The van der Waals surface area contributed by atoms with Gasteiger partial charge in [0.15, 0.2) is 0 Å². The molecule has 9 heavy (non-hydrogen) atoms. The van der Waals surface area contributed by atoms with E-state index < -0.39 is 5.54 Å². The zero-order valence-electron chi connectivity index (χ0n) is 5.48. The van der Waals surface area contributed by atoms with Gasteiger partial charge >= 0.3 is 0 Å². The SMILES string of the molecule is CC1(C#N)COCCN1. The van der Waals surface area contributed by atoms with Crippen LogP contribution in [0, 0.1) is 11.3 Å². The second-order valence-corrected chi connectivity index (χ2v) is 2.42. The lowest BCUT2D eigenvalue weighted by Crippen LogP contribution is -2.50. The summed E-state index contributed by atoms with van der Waals surface area (Å²) in [5.41, 5.74) is -0.446. The molecule has 0 radical (unpaired) electrons. The van der Waals surface area contributed by atoms with E-state index in [0.29, 0.717) is 6.61 Å². The van der Waals surface area contributed by atoms with E-state index in [1.807, 2.05) is 6.92 Å². The molecule has 1 rings (SSSR count). The molecule has 0 aromatic carbocycles. The third kappa shape index (κ3) is 1.41. The van der Waals surface area contributed by atoms with E-state index in [2.05, 4.69) is 11.4 Å². The maximum absolute atomic E-state index is 8.56. The molecule has 0 aromatic rings. The molecule has 0 spiro atoms. The predicted octanol–water partition coefficient (Wildman–Crippen LogP) is -0.112. The summed E-state index contributed by atoms with van der Waals surface area (Å²) in [6.07, 6.45) is 0. The predicted molar refractivity (Wildman–Crippen MR) is 32.8 cm³/mol. The van der Waals surface area contributed by atoms with Crippen LogP contribution in [0.4, 0.5) is 0 Å². The highest BCUT2D eigenvalue weighted by molar-refractivity contribution is 5.04. The Bertz CT molecular complexity index is 132. The third-order valence-corrected chi connectivity index (χ3v) is 1.40. The maximum Gasteiger partial charge on any atom is 0.127 e. The summed E-state index contributed by atoms with van der Waals surface area (Å²) >= 11 is 0. The van der Waals surface area contributed by atoms with Gasteiger partial charge in [0.1, 0.15) is 5.54 Å². The largest absolute Gasteiger partial charge is 0.377 e. The van der Waals surface area contributed by atoms with Gasteiger partial charge in [0.2, 0.25) is 0 Å². The summed E-state index contributed by atoms with van der Waals surface area (Å²) in [7, 11) is 0. The first-order valence-electron chi connectivity index (χ1n) is 3.01. The van der Waals surface area contributed by atoms with Gasteiger partial charge in [-0.3, -0.25) is 5.32 Å². The topological polar surface area (TPSA) is 45.0 Å². The molecule has 3 heteroatoms. The Hall–Kier alpha value is -0.590. The quantitative estimate of drug-likeness (QED) is 0.492. The zero-order chi connectivity index (χ0) is 6.74. The fourth-order valence-electron chi connectivity index (χ4n) is 0.798. The van der Waals surface area contributed by atoms with E-state index in [1.54, 1.807) is 0 Å². The molecular weight excluding hydrogens is 116 g/mol. The van der Waals surface area contributed by atoms with Gasteiger partial charge in [-0.2, -0.15) is 5.26 Å². The van der Waals surface area contributed by atoms with Gasteiger partial charge in [0.25, 0.3) is 0 Å². The number of ether oxygens (including phenoxy) is 1. The Morgan fingerprint density at radius 1 is 1.78 bits per heavy atom. The first-order valence-corrected chi connectivity index (χ1v) is 3.01. The van der Waals surface area contributed by atoms with Gasteiger partial charge in [0.05, 0.1) is 19.3 Å². The average molecular weight is 126 g/mol. The van der Waals surface area contributed by atoms with E-state index in [4.69, 9.17) is 10.00 Å². The lowest BCUT2D eigenvalue weighted by molar-refractivity contribution is 0.0581. The minimum atomic E-state index is -0.446. The number of hydrogen-bond acceptors (Lipinski definition) is 3. The summed E-state index contributed by atoms with van der Waals surface area (Å²) in [6, 6.07) is 2.14. The fraction of sp³-hybridized carbons (Fsp3) is 0.833. The van der Waals surface area contributed by atoms with Gasteiger partial charge in [0, 0.05) is 6.54 Å². The molecule has 1 saturated heterocycles. The van der Waals surface area contributed by atoms with Crippen molar-refractivity contribution in [1.82, 2.24) is 5.32 Å². The van der Waals surface area contributed by atoms with Crippen LogP contribution in [0.15, 0.2) is 0 Å². The van der Waals surface area contributed by atoms with Crippen molar-refractivity contribution in [3.63, 3.8) is 0 Å². The second-order valence-electron chi connectivity index (χ2n) is 2.42. The number of rotatable bonds is 0. The summed E-state index contributed by atoms with van der Waals surface area (Å²) in [5.74, 6) is 0. The van der Waals surface area contributed by atoms with Crippen molar-refractivity contribution in [3.8, 4) is 6.07 Å². The lowest BCUT2D eigenvalue weighted by atomic mass is 10.1. The molecule has 1 aliphatic heterocycles. The molecule has 1 N–H and O–H groups in total. The normalized spacial score (nSPS) is 35.6. The van der Waals surface area contributed by atoms with Crippen LogP contribution in [0.25, 0.3) is 0 Å². The highest BCUT2D eigenvalue weighted by atomic mass is 16.5. The van der Waals surface area contributed by atoms with Gasteiger partial charge in [-0.1, -0.05) is 0 Å². The highest BCUT2D eigenvalue weighted by Crippen LogP contribution is 2.05. The Morgan fingerprint density at radius 2 is 2.56 bits per heavy atom. The number of nitriles is 1. The average Bonchev–Trinajstić information content (AvgIpc) is 1.90. The fourth-order valence-corrected chi connectivity index (χ4v) is 0.798. The molecule has 0 bridgehead atoms. The van der Waals surface area contributed by atoms with E-state index in [1.165, 1.54) is 0 Å². The molecular formula is C6H10N2O. The lowest BCUT2D eigenvalue weighted by Gasteiger charge is -2.27. The molecule has 50 valence electrons. The Balaban J connectivity index is 2.49. The van der Waals surface area contributed by atoms with Crippen molar-refractivity contribution < 1.29 is 4.74 Å². The Kier molecular flexibility index (Phi) is 1.70. The molecule has 0 aromatic heterocycles. The van der Waals surface area contributed by atoms with Crippen molar-refractivity contribution in [2.24, 2.45) is 0 Å². The van der Waals surface area contributed by atoms with Crippen molar-refractivity contribution >= 4 is 0 Å². The summed E-state index contributed by atoms with van der Waals surface area (Å²) in [5, 5.41) is 11.6. The van der Waals surface area contributed by atoms with E-state index >= 15 is 0 Å². The van der Waals surface area contributed by atoms with Crippen LogP contribution in [0.3, 0.4) is 0 Å². The van der Waals surface area contributed by atoms with Gasteiger partial charge in [-0.05, 0) is 6.92 Å². The number of nitrogens with one attached hydrogen (secondary N) is 1. The van der Waals surface area contributed by atoms with Crippen molar-refractivity contribution in [2.75, 3.05) is 19.8 Å². The number of hydrogen-bond donors (Lipinski definition) is 1. The molecule has 1 unspecified atom stereocenters. The molecule has 1 aliphatic rings. The zero-order valence-corrected chi connectivity index (χ0v) is 5.48. The third-order valence-electron chi connectivity index (χ3n) is 1.40. The summed E-state index contributed by atoms with van der Waals surface area (Å²) < 4.78 is 5.09. The second kappa shape index (κ2) is 2.34. The Labute approximate surface area is 54.6 Å². The first-order chi connectivity index (χ1) is 4.27. The van der Waals surface area contributed by atoms with Crippen LogP contribution >= 0.6 is 0 Å². The van der Waals surface area contributed by atoms with Gasteiger partial charge < -0.3 is 4.74 Å². The monoisotopic (exact) mass is 126 g/mol. The standard InChI is InChI=1S/C6H10N2O/c1-6(4-7)5-9-3-2-8-6/h8H,2-3,5H2,1H3. The van der Waals surface area contributed by atoms with Crippen molar-refractivity contribution in [3.05, 3.63) is 0 Å². The number of nitrogens with zero attached hydrogens (tertiary/aromatic N) is 1. The van der Waals surface area contributed by atoms with Crippen LogP contribution in [-0.4, -0.2) is 25.3 Å². The summed E-state index contributed by atoms with van der Waals surface area (Å²) in [6.45, 7) is 3.84. The molecule has 0 saturated carbocycles. The minimum absolute atomic E-state index is 0.446. The van der Waals surface area contributed by atoms with Crippen LogP contribution in [0.1, 0.15) is 6.92 Å². The summed E-state index contributed by atoms with van der Waals surface area (Å²) in [4.78, 5) is 0. The van der Waals surface area contributed by atoms with Crippen molar-refractivity contribution in [1.29, 1.82) is 5.26 Å². The molecule has 1 heterocycles. The van der Waals surface area contributed by atoms with Gasteiger partial charge in [-0.15, -0.1) is 0 Å². The molecule has 0 aliphatic carbocycles. The Morgan fingerprint density at radius 3 is 2.89 bits per heavy atom. The van der Waals surface area contributed by atoms with Gasteiger partial charge in [-0.25, -0.2) is 0 Å². The van der Waals surface area contributed by atoms with E-state index in [9.17, 15) is 0 Å².